The second-order valence-corrected chi connectivity index (χ2v) is 5.95. The summed E-state index contributed by atoms with van der Waals surface area (Å²) in [4.78, 5) is 0. The van der Waals surface area contributed by atoms with E-state index in [-0.39, 0.29) is 5.82 Å². The van der Waals surface area contributed by atoms with Crippen LogP contribution in [-0.2, 0) is 0 Å². The van der Waals surface area contributed by atoms with Gasteiger partial charge in [-0.05, 0) is 55.7 Å². The minimum absolute atomic E-state index is 0.0308. The molecule has 3 rings (SSSR count). The summed E-state index contributed by atoms with van der Waals surface area (Å²) < 4.78 is 13.6. The van der Waals surface area contributed by atoms with Gasteiger partial charge in [0, 0.05) is 6.04 Å². The van der Waals surface area contributed by atoms with Gasteiger partial charge in [0.15, 0.2) is 0 Å². The maximum atomic E-state index is 13.6. The van der Waals surface area contributed by atoms with Gasteiger partial charge in [0.05, 0.1) is 0 Å². The molecule has 0 aromatic heterocycles. The van der Waals surface area contributed by atoms with Crippen LogP contribution in [0.4, 0.5) is 4.39 Å². The molecule has 2 aliphatic carbocycles. The third-order valence-electron chi connectivity index (χ3n) is 4.65. The van der Waals surface area contributed by atoms with Crippen molar-refractivity contribution >= 4 is 0 Å². The molecule has 2 heteroatoms. The average Bonchev–Trinajstić information content (AvgIpc) is 2.82. The Morgan fingerprint density at radius 3 is 2.56 bits per heavy atom. The van der Waals surface area contributed by atoms with Gasteiger partial charge in [-0.3, -0.25) is 0 Å². The smallest absolute Gasteiger partial charge is 0.126 e. The molecule has 0 saturated heterocycles. The molecular formula is C16H22FN. The summed E-state index contributed by atoms with van der Waals surface area (Å²) in [6.45, 7) is 1.18. The molecule has 98 valence electrons. The summed E-state index contributed by atoms with van der Waals surface area (Å²) in [5, 5.41) is 3.66. The number of nitrogens with one attached hydrogen (secondary N) is 1. The lowest BCUT2D eigenvalue weighted by Crippen LogP contribution is -2.42. The molecular weight excluding hydrogens is 225 g/mol. The predicted molar refractivity (Wildman–Crippen MR) is 72.1 cm³/mol. The number of hydrogen-bond donors (Lipinski definition) is 1. The molecule has 0 unspecified atom stereocenters. The molecule has 0 heterocycles. The lowest BCUT2D eigenvalue weighted by molar-refractivity contribution is 0.271. The van der Waals surface area contributed by atoms with Crippen LogP contribution in [0.1, 0.15) is 50.0 Å². The fourth-order valence-corrected chi connectivity index (χ4v) is 3.39. The maximum absolute atomic E-state index is 13.6. The van der Waals surface area contributed by atoms with E-state index in [4.69, 9.17) is 0 Å². The Kier molecular flexibility index (Phi) is 3.64. The largest absolute Gasteiger partial charge is 0.314 e. The zero-order chi connectivity index (χ0) is 12.4. The highest BCUT2D eigenvalue weighted by Crippen LogP contribution is 2.38. The normalized spacial score (nSPS) is 28.3. The molecule has 2 aliphatic rings. The van der Waals surface area contributed by atoms with E-state index in [1.165, 1.54) is 32.2 Å². The van der Waals surface area contributed by atoms with E-state index in [0.29, 0.717) is 12.0 Å². The lowest BCUT2D eigenvalue weighted by atomic mass is 9.75. The standard InChI is InChI=1S/C16H22FN/c17-16-8-4-3-7-15(16)13-9-14(10-13)18-11-12-5-1-2-6-12/h3-4,7-8,12-14,18H,1-2,5-6,9-11H2. The molecule has 0 bridgehead atoms. The molecule has 0 amide bonds. The van der Waals surface area contributed by atoms with Crippen LogP contribution in [-0.4, -0.2) is 12.6 Å². The second-order valence-electron chi connectivity index (χ2n) is 5.95. The van der Waals surface area contributed by atoms with Gasteiger partial charge in [-0.25, -0.2) is 4.39 Å². The molecule has 1 N–H and O–H groups in total. The van der Waals surface area contributed by atoms with E-state index < -0.39 is 0 Å². The van der Waals surface area contributed by atoms with E-state index in [1.54, 1.807) is 12.1 Å². The Morgan fingerprint density at radius 2 is 1.83 bits per heavy atom. The Hall–Kier alpha value is -0.890. The van der Waals surface area contributed by atoms with Crippen LogP contribution in [0.15, 0.2) is 24.3 Å². The summed E-state index contributed by atoms with van der Waals surface area (Å²) in [6, 6.07) is 7.85. The van der Waals surface area contributed by atoms with Crippen molar-refractivity contribution in [3.63, 3.8) is 0 Å². The van der Waals surface area contributed by atoms with E-state index in [9.17, 15) is 4.39 Å². The van der Waals surface area contributed by atoms with Crippen molar-refractivity contribution in [2.75, 3.05) is 6.54 Å². The first-order valence-electron chi connectivity index (χ1n) is 7.30. The first kappa shape index (κ1) is 12.2. The zero-order valence-corrected chi connectivity index (χ0v) is 10.9. The predicted octanol–water partition coefficient (Wildman–Crippen LogP) is 3.85. The number of benzene rings is 1. The van der Waals surface area contributed by atoms with Crippen molar-refractivity contribution in [2.24, 2.45) is 5.92 Å². The van der Waals surface area contributed by atoms with Crippen LogP contribution in [0, 0.1) is 11.7 Å². The van der Waals surface area contributed by atoms with E-state index in [1.807, 2.05) is 12.1 Å². The topological polar surface area (TPSA) is 12.0 Å². The Balaban J connectivity index is 1.44. The van der Waals surface area contributed by atoms with Crippen LogP contribution in [0.3, 0.4) is 0 Å². The van der Waals surface area contributed by atoms with Gasteiger partial charge in [0.25, 0.3) is 0 Å². The number of halogens is 1. The lowest BCUT2D eigenvalue weighted by Gasteiger charge is -2.37. The van der Waals surface area contributed by atoms with Crippen molar-refractivity contribution < 1.29 is 4.39 Å². The monoisotopic (exact) mass is 247 g/mol. The van der Waals surface area contributed by atoms with Gasteiger partial charge in [-0.15, -0.1) is 0 Å². The highest BCUT2D eigenvalue weighted by atomic mass is 19.1. The van der Waals surface area contributed by atoms with Crippen molar-refractivity contribution in [3.05, 3.63) is 35.6 Å². The SMILES string of the molecule is Fc1ccccc1C1CC(NCC2CCCC2)C1. The first-order chi connectivity index (χ1) is 8.83. The molecule has 2 saturated carbocycles. The third kappa shape index (κ3) is 2.59. The first-order valence-corrected chi connectivity index (χ1v) is 7.30. The van der Waals surface area contributed by atoms with Crippen molar-refractivity contribution in [1.29, 1.82) is 0 Å². The van der Waals surface area contributed by atoms with E-state index >= 15 is 0 Å². The molecule has 18 heavy (non-hydrogen) atoms. The molecule has 1 nitrogen and oxygen atoms in total. The molecule has 2 fully saturated rings. The molecule has 0 radical (unpaired) electrons. The Bertz CT molecular complexity index is 392. The summed E-state index contributed by atoms with van der Waals surface area (Å²) in [7, 11) is 0. The highest BCUT2D eigenvalue weighted by molar-refractivity contribution is 5.24. The summed E-state index contributed by atoms with van der Waals surface area (Å²) in [5.41, 5.74) is 0.913. The number of rotatable bonds is 4. The fraction of sp³-hybridized carbons (Fsp3) is 0.625. The average molecular weight is 247 g/mol. The van der Waals surface area contributed by atoms with E-state index in [2.05, 4.69) is 5.32 Å². The van der Waals surface area contributed by atoms with Crippen molar-refractivity contribution in [3.8, 4) is 0 Å². The van der Waals surface area contributed by atoms with Gasteiger partial charge >= 0.3 is 0 Å². The van der Waals surface area contributed by atoms with Crippen molar-refractivity contribution in [2.45, 2.75) is 50.5 Å². The molecule has 0 atom stereocenters. The Labute approximate surface area is 109 Å². The van der Waals surface area contributed by atoms with Gasteiger partial charge in [-0.2, -0.15) is 0 Å². The van der Waals surface area contributed by atoms with Crippen LogP contribution in [0.2, 0.25) is 0 Å². The van der Waals surface area contributed by atoms with Gasteiger partial charge in [0.2, 0.25) is 0 Å². The fourth-order valence-electron chi connectivity index (χ4n) is 3.39. The highest BCUT2D eigenvalue weighted by Gasteiger charge is 2.31. The van der Waals surface area contributed by atoms with Crippen molar-refractivity contribution in [1.82, 2.24) is 5.32 Å². The third-order valence-corrected chi connectivity index (χ3v) is 4.65. The quantitative estimate of drug-likeness (QED) is 0.852. The number of hydrogen-bond acceptors (Lipinski definition) is 1. The minimum Gasteiger partial charge on any atom is -0.314 e. The Morgan fingerprint density at radius 1 is 1.11 bits per heavy atom. The van der Waals surface area contributed by atoms with E-state index in [0.717, 1.165) is 24.3 Å². The summed E-state index contributed by atoms with van der Waals surface area (Å²) in [5.74, 6) is 1.31. The van der Waals surface area contributed by atoms with Gasteiger partial charge < -0.3 is 5.32 Å². The minimum atomic E-state index is -0.0308. The van der Waals surface area contributed by atoms with Crippen LogP contribution in [0.5, 0.6) is 0 Å². The van der Waals surface area contributed by atoms with Gasteiger partial charge in [0.1, 0.15) is 5.82 Å². The van der Waals surface area contributed by atoms with Crippen LogP contribution >= 0.6 is 0 Å². The molecule has 0 aliphatic heterocycles. The zero-order valence-electron chi connectivity index (χ0n) is 10.9. The van der Waals surface area contributed by atoms with Gasteiger partial charge in [-0.1, -0.05) is 31.0 Å². The van der Waals surface area contributed by atoms with Crippen LogP contribution < -0.4 is 5.32 Å². The summed E-state index contributed by atoms with van der Waals surface area (Å²) >= 11 is 0. The molecule has 1 aromatic carbocycles. The maximum Gasteiger partial charge on any atom is 0.126 e. The molecule has 1 aromatic rings. The molecule has 0 spiro atoms. The second kappa shape index (κ2) is 5.40. The summed E-state index contributed by atoms with van der Waals surface area (Å²) in [6.07, 6.45) is 7.83. The van der Waals surface area contributed by atoms with Crippen LogP contribution in [0.25, 0.3) is 0 Å².